The number of rotatable bonds is 3. The van der Waals surface area contributed by atoms with Gasteiger partial charge >= 0.3 is 0 Å². The molecule has 1 aliphatic carbocycles. The summed E-state index contributed by atoms with van der Waals surface area (Å²) < 4.78 is 5.40. The molecular formula is C20H24N2O2. The number of piperidine rings is 1. The molecule has 1 amide bonds. The molecule has 2 aliphatic rings. The van der Waals surface area contributed by atoms with Gasteiger partial charge in [-0.05, 0) is 50.0 Å². The van der Waals surface area contributed by atoms with E-state index < -0.39 is 0 Å². The molecule has 1 saturated heterocycles. The van der Waals surface area contributed by atoms with Crippen molar-refractivity contribution in [3.8, 4) is 0 Å². The summed E-state index contributed by atoms with van der Waals surface area (Å²) in [5, 5.41) is 4.09. The van der Waals surface area contributed by atoms with Crippen LogP contribution in [0.1, 0.15) is 53.1 Å². The van der Waals surface area contributed by atoms with E-state index in [2.05, 4.69) is 35.5 Å². The van der Waals surface area contributed by atoms with Crippen molar-refractivity contribution in [2.75, 3.05) is 13.1 Å². The maximum atomic E-state index is 12.8. The Balaban J connectivity index is 1.37. The molecule has 1 aliphatic heterocycles. The molecule has 0 atom stereocenters. The van der Waals surface area contributed by atoms with Crippen molar-refractivity contribution in [3.63, 3.8) is 0 Å². The number of likely N-dealkylation sites (tertiary alicyclic amines) is 1. The van der Waals surface area contributed by atoms with Gasteiger partial charge in [0.1, 0.15) is 5.76 Å². The lowest BCUT2D eigenvalue weighted by Crippen LogP contribution is -2.39. The lowest BCUT2D eigenvalue weighted by Gasteiger charge is -2.31. The van der Waals surface area contributed by atoms with Crippen LogP contribution < -0.4 is 0 Å². The molecule has 0 saturated carbocycles. The standard InChI is InChI=1S/C20H24N2O2/c23-20(19-17-8-4-5-9-18(17)24-21-19)22-12-10-16(11-13-22)14-15-6-2-1-3-7-15/h1-3,6-7,16H,4-5,8-14H2. The predicted molar refractivity (Wildman–Crippen MR) is 91.9 cm³/mol. The number of aromatic nitrogens is 1. The topological polar surface area (TPSA) is 46.3 Å². The molecule has 2 aromatic rings. The maximum absolute atomic E-state index is 12.8. The van der Waals surface area contributed by atoms with Crippen LogP contribution in [-0.4, -0.2) is 29.1 Å². The van der Waals surface area contributed by atoms with Crippen molar-refractivity contribution >= 4 is 5.91 Å². The van der Waals surface area contributed by atoms with E-state index in [4.69, 9.17) is 4.52 Å². The van der Waals surface area contributed by atoms with Crippen LogP contribution in [0.3, 0.4) is 0 Å². The number of fused-ring (bicyclic) bond motifs is 1. The first kappa shape index (κ1) is 15.4. The van der Waals surface area contributed by atoms with Crippen molar-refractivity contribution in [1.82, 2.24) is 10.1 Å². The van der Waals surface area contributed by atoms with E-state index in [1.807, 2.05) is 4.90 Å². The van der Waals surface area contributed by atoms with E-state index in [9.17, 15) is 4.79 Å². The molecule has 0 spiro atoms. The number of benzene rings is 1. The van der Waals surface area contributed by atoms with Gasteiger partial charge in [0.25, 0.3) is 5.91 Å². The monoisotopic (exact) mass is 324 g/mol. The molecule has 4 rings (SSSR count). The smallest absolute Gasteiger partial charge is 0.276 e. The Labute approximate surface area is 142 Å². The van der Waals surface area contributed by atoms with Crippen molar-refractivity contribution in [2.45, 2.75) is 44.9 Å². The minimum Gasteiger partial charge on any atom is -0.360 e. The fourth-order valence-corrected chi connectivity index (χ4v) is 3.99. The van der Waals surface area contributed by atoms with Crippen molar-refractivity contribution in [3.05, 3.63) is 52.9 Å². The summed E-state index contributed by atoms with van der Waals surface area (Å²) in [5.74, 6) is 1.67. The Morgan fingerprint density at radius 1 is 1.12 bits per heavy atom. The van der Waals surface area contributed by atoms with Gasteiger partial charge in [0, 0.05) is 25.1 Å². The molecule has 0 bridgehead atoms. The summed E-state index contributed by atoms with van der Waals surface area (Å²) in [6, 6.07) is 10.6. The highest BCUT2D eigenvalue weighted by Crippen LogP contribution is 2.27. The highest BCUT2D eigenvalue weighted by Gasteiger charge is 2.29. The Bertz CT molecular complexity index is 700. The van der Waals surface area contributed by atoms with Crippen LogP contribution in [0.15, 0.2) is 34.9 Å². The number of nitrogens with zero attached hydrogens (tertiary/aromatic N) is 2. The Hall–Kier alpha value is -2.10. The first-order chi connectivity index (χ1) is 11.8. The van der Waals surface area contributed by atoms with Gasteiger partial charge in [-0.3, -0.25) is 4.79 Å². The number of aryl methyl sites for hydroxylation is 1. The average Bonchev–Trinajstić information content (AvgIpc) is 3.07. The second-order valence-electron chi connectivity index (χ2n) is 7.07. The normalized spacial score (nSPS) is 18.4. The summed E-state index contributed by atoms with van der Waals surface area (Å²) in [6.45, 7) is 1.66. The van der Waals surface area contributed by atoms with Crippen LogP contribution in [0, 0.1) is 5.92 Å². The highest BCUT2D eigenvalue weighted by atomic mass is 16.5. The fourth-order valence-electron chi connectivity index (χ4n) is 3.99. The number of carbonyl (C=O) groups is 1. The lowest BCUT2D eigenvalue weighted by molar-refractivity contribution is 0.0679. The van der Waals surface area contributed by atoms with Gasteiger partial charge in [-0.1, -0.05) is 35.5 Å². The van der Waals surface area contributed by atoms with Crippen LogP contribution in [0.4, 0.5) is 0 Å². The van der Waals surface area contributed by atoms with Gasteiger partial charge in [0.2, 0.25) is 0 Å². The van der Waals surface area contributed by atoms with E-state index in [0.29, 0.717) is 11.6 Å². The number of hydrogen-bond donors (Lipinski definition) is 0. The third kappa shape index (κ3) is 3.10. The van der Waals surface area contributed by atoms with Gasteiger partial charge in [0.05, 0.1) is 0 Å². The third-order valence-electron chi connectivity index (χ3n) is 5.42. The van der Waals surface area contributed by atoms with Gasteiger partial charge in [0.15, 0.2) is 5.69 Å². The van der Waals surface area contributed by atoms with Crippen LogP contribution in [-0.2, 0) is 19.3 Å². The van der Waals surface area contributed by atoms with E-state index >= 15 is 0 Å². The highest BCUT2D eigenvalue weighted by molar-refractivity contribution is 5.94. The Morgan fingerprint density at radius 2 is 1.88 bits per heavy atom. The van der Waals surface area contributed by atoms with E-state index in [1.165, 1.54) is 5.56 Å². The van der Waals surface area contributed by atoms with Crippen molar-refractivity contribution in [1.29, 1.82) is 0 Å². The predicted octanol–water partition coefficient (Wildman–Crippen LogP) is 3.65. The van der Waals surface area contributed by atoms with Crippen molar-refractivity contribution in [2.24, 2.45) is 5.92 Å². The zero-order valence-corrected chi connectivity index (χ0v) is 14.0. The zero-order chi connectivity index (χ0) is 16.4. The van der Waals surface area contributed by atoms with Gasteiger partial charge in [-0.15, -0.1) is 0 Å². The first-order valence-electron chi connectivity index (χ1n) is 9.12. The van der Waals surface area contributed by atoms with Crippen LogP contribution in [0.2, 0.25) is 0 Å². The largest absolute Gasteiger partial charge is 0.360 e. The molecule has 0 unspecified atom stereocenters. The van der Waals surface area contributed by atoms with Crippen LogP contribution in [0.5, 0.6) is 0 Å². The molecule has 126 valence electrons. The molecule has 4 nitrogen and oxygen atoms in total. The summed E-state index contributed by atoms with van der Waals surface area (Å²) in [4.78, 5) is 14.8. The molecule has 0 N–H and O–H groups in total. The van der Waals surface area contributed by atoms with Crippen molar-refractivity contribution < 1.29 is 9.32 Å². The Kier molecular flexibility index (Phi) is 4.37. The number of hydrogen-bond acceptors (Lipinski definition) is 3. The second kappa shape index (κ2) is 6.80. The molecular weight excluding hydrogens is 300 g/mol. The third-order valence-corrected chi connectivity index (χ3v) is 5.42. The fraction of sp³-hybridized carbons (Fsp3) is 0.500. The van der Waals surface area contributed by atoms with Gasteiger partial charge in [-0.2, -0.15) is 0 Å². The minimum absolute atomic E-state index is 0.0695. The molecule has 24 heavy (non-hydrogen) atoms. The molecule has 1 aromatic carbocycles. The summed E-state index contributed by atoms with van der Waals surface area (Å²) in [5.41, 5.74) is 3.04. The van der Waals surface area contributed by atoms with Gasteiger partial charge < -0.3 is 9.42 Å². The summed E-state index contributed by atoms with van der Waals surface area (Å²) in [6.07, 6.45) is 7.39. The minimum atomic E-state index is 0.0695. The quantitative estimate of drug-likeness (QED) is 0.866. The van der Waals surface area contributed by atoms with Crippen LogP contribution in [0.25, 0.3) is 0 Å². The average molecular weight is 324 g/mol. The zero-order valence-electron chi connectivity index (χ0n) is 14.0. The van der Waals surface area contributed by atoms with E-state index in [1.54, 1.807) is 0 Å². The Morgan fingerprint density at radius 3 is 2.67 bits per heavy atom. The van der Waals surface area contributed by atoms with E-state index in [0.717, 1.165) is 69.4 Å². The molecule has 0 radical (unpaired) electrons. The molecule has 1 fully saturated rings. The second-order valence-corrected chi connectivity index (χ2v) is 7.07. The number of carbonyl (C=O) groups excluding carboxylic acids is 1. The van der Waals surface area contributed by atoms with E-state index in [-0.39, 0.29) is 5.91 Å². The van der Waals surface area contributed by atoms with Crippen LogP contribution >= 0.6 is 0 Å². The SMILES string of the molecule is O=C(c1noc2c1CCCC2)N1CCC(Cc2ccccc2)CC1. The van der Waals surface area contributed by atoms with Gasteiger partial charge in [-0.25, -0.2) is 0 Å². The maximum Gasteiger partial charge on any atom is 0.276 e. The first-order valence-corrected chi connectivity index (χ1v) is 9.12. The molecule has 1 aromatic heterocycles. The molecule has 2 heterocycles. The molecule has 4 heteroatoms. The number of amides is 1. The summed E-state index contributed by atoms with van der Waals surface area (Å²) >= 11 is 0. The summed E-state index contributed by atoms with van der Waals surface area (Å²) in [7, 11) is 0. The lowest BCUT2D eigenvalue weighted by atomic mass is 9.90.